The SMILES string of the molecule is CC1C=c2cc(C3=CCC4(C)NC(=S)N(C)C4=C3)cc3c2=C(C1)S(=O)(=O)N3C. The second kappa shape index (κ2) is 5.48. The molecule has 2 unspecified atom stereocenters. The Bertz CT molecular complexity index is 1240. The topological polar surface area (TPSA) is 52.7 Å². The number of allylic oxidation sites excluding steroid dienone is 2. The first-order valence-corrected chi connectivity index (χ1v) is 11.3. The van der Waals surface area contributed by atoms with Gasteiger partial charge in [0.25, 0.3) is 10.0 Å². The van der Waals surface area contributed by atoms with E-state index in [9.17, 15) is 8.42 Å². The number of thiocarbonyl (C=S) groups is 1. The van der Waals surface area contributed by atoms with Crippen molar-refractivity contribution >= 4 is 49.6 Å². The van der Waals surface area contributed by atoms with E-state index in [2.05, 4.69) is 43.5 Å². The molecule has 0 spiro atoms. The summed E-state index contributed by atoms with van der Waals surface area (Å²) in [6.07, 6.45) is 7.99. The zero-order chi connectivity index (χ0) is 20.0. The lowest BCUT2D eigenvalue weighted by atomic mass is 9.85. The molecule has 7 heteroatoms. The van der Waals surface area contributed by atoms with Crippen LogP contribution in [0.4, 0.5) is 5.69 Å². The van der Waals surface area contributed by atoms with Crippen LogP contribution in [0.2, 0.25) is 0 Å². The Morgan fingerprint density at radius 3 is 2.79 bits per heavy atom. The Morgan fingerprint density at radius 1 is 1.29 bits per heavy atom. The molecule has 2 heterocycles. The summed E-state index contributed by atoms with van der Waals surface area (Å²) in [6.45, 7) is 4.23. The van der Waals surface area contributed by atoms with E-state index in [4.69, 9.17) is 12.2 Å². The number of sulfonamides is 1. The van der Waals surface area contributed by atoms with E-state index in [0.717, 1.165) is 44.5 Å². The lowest BCUT2D eigenvalue weighted by Gasteiger charge is -2.29. The van der Waals surface area contributed by atoms with Crippen molar-refractivity contribution < 1.29 is 8.42 Å². The second-order valence-corrected chi connectivity index (χ2v) is 10.8. The lowest BCUT2D eigenvalue weighted by Crippen LogP contribution is -2.39. The molecule has 146 valence electrons. The third-order valence-corrected chi connectivity index (χ3v) is 8.67. The average Bonchev–Trinajstić information content (AvgIpc) is 2.97. The highest BCUT2D eigenvalue weighted by molar-refractivity contribution is 8.01. The average molecular weight is 414 g/mol. The molecular formula is C21H23N3O2S2. The smallest absolute Gasteiger partial charge is 0.260 e. The number of likely N-dealkylation sites (N-methyl/N-ethyl adjacent to an activating group) is 1. The summed E-state index contributed by atoms with van der Waals surface area (Å²) < 4.78 is 27.2. The fourth-order valence-electron chi connectivity index (χ4n) is 4.78. The van der Waals surface area contributed by atoms with Crippen molar-refractivity contribution in [2.45, 2.75) is 32.2 Å². The number of hydrogen-bond donors (Lipinski definition) is 1. The molecule has 4 aliphatic rings. The minimum atomic E-state index is -3.41. The van der Waals surface area contributed by atoms with Crippen molar-refractivity contribution in [1.29, 1.82) is 0 Å². The summed E-state index contributed by atoms with van der Waals surface area (Å²) in [6, 6.07) is 4.15. The van der Waals surface area contributed by atoms with E-state index in [0.29, 0.717) is 11.3 Å². The summed E-state index contributed by atoms with van der Waals surface area (Å²) in [7, 11) is 0.233. The number of benzene rings is 1. The minimum absolute atomic E-state index is 0.179. The molecule has 5 rings (SSSR count). The third-order valence-electron chi connectivity index (χ3n) is 6.38. The minimum Gasteiger partial charge on any atom is -0.351 e. The van der Waals surface area contributed by atoms with Crippen LogP contribution in [0.5, 0.6) is 0 Å². The molecule has 1 aromatic rings. The normalized spacial score (nSPS) is 29.6. The van der Waals surface area contributed by atoms with E-state index in [1.807, 2.05) is 18.0 Å². The van der Waals surface area contributed by atoms with Crippen molar-refractivity contribution in [2.75, 3.05) is 18.4 Å². The Hall–Kier alpha value is -2.12. The van der Waals surface area contributed by atoms with Gasteiger partial charge in [-0.3, -0.25) is 4.31 Å². The first-order chi connectivity index (χ1) is 13.1. The fraction of sp³-hybridized carbons (Fsp3) is 0.381. The highest BCUT2D eigenvalue weighted by atomic mass is 32.2. The van der Waals surface area contributed by atoms with Gasteiger partial charge >= 0.3 is 0 Å². The third kappa shape index (κ3) is 2.23. The predicted molar refractivity (Wildman–Crippen MR) is 117 cm³/mol. The largest absolute Gasteiger partial charge is 0.351 e. The molecule has 0 saturated carbocycles. The Morgan fingerprint density at radius 2 is 2.04 bits per heavy atom. The zero-order valence-corrected chi connectivity index (χ0v) is 18.0. The van der Waals surface area contributed by atoms with Crippen LogP contribution in [0.1, 0.15) is 32.3 Å². The van der Waals surface area contributed by atoms with Crippen LogP contribution in [0.25, 0.3) is 16.6 Å². The number of anilines is 1. The van der Waals surface area contributed by atoms with Crippen LogP contribution in [0, 0.1) is 5.92 Å². The predicted octanol–water partition coefficient (Wildman–Crippen LogP) is 1.64. The molecule has 0 radical (unpaired) electrons. The molecule has 1 saturated heterocycles. The lowest BCUT2D eigenvalue weighted by molar-refractivity contribution is 0.477. The van der Waals surface area contributed by atoms with Crippen LogP contribution < -0.4 is 20.1 Å². The molecular weight excluding hydrogens is 390 g/mol. The number of nitrogens with zero attached hydrogens (tertiary/aromatic N) is 2. The molecule has 5 nitrogen and oxygen atoms in total. The van der Waals surface area contributed by atoms with Crippen molar-refractivity contribution in [3.63, 3.8) is 0 Å². The van der Waals surface area contributed by atoms with Gasteiger partial charge < -0.3 is 10.2 Å². The van der Waals surface area contributed by atoms with Crippen molar-refractivity contribution in [3.05, 3.63) is 46.0 Å². The van der Waals surface area contributed by atoms with Gasteiger partial charge in [0.1, 0.15) is 0 Å². The summed E-state index contributed by atoms with van der Waals surface area (Å²) in [4.78, 5) is 2.59. The second-order valence-electron chi connectivity index (χ2n) is 8.42. The molecule has 28 heavy (non-hydrogen) atoms. The van der Waals surface area contributed by atoms with Crippen LogP contribution in [-0.2, 0) is 10.0 Å². The molecule has 1 aromatic carbocycles. The quantitative estimate of drug-likeness (QED) is 0.710. The van der Waals surface area contributed by atoms with E-state index < -0.39 is 10.0 Å². The van der Waals surface area contributed by atoms with Gasteiger partial charge in [-0.2, -0.15) is 0 Å². The van der Waals surface area contributed by atoms with Crippen LogP contribution in [0.15, 0.2) is 30.0 Å². The van der Waals surface area contributed by atoms with E-state index in [1.54, 1.807) is 7.05 Å². The van der Waals surface area contributed by atoms with Gasteiger partial charge in [-0.25, -0.2) is 8.42 Å². The summed E-state index contributed by atoms with van der Waals surface area (Å²) in [5.74, 6) is 0.205. The highest BCUT2D eigenvalue weighted by Crippen LogP contribution is 2.38. The monoisotopic (exact) mass is 413 g/mol. The standard InChI is InChI=1S/C21H23N3O2S2/c1-12-7-15-9-14(10-16-19(15)17(8-12)28(25,26)24(16)4)13-5-6-21(2)18(11-13)23(3)20(27)22-21/h5,7,9-12H,6,8H2,1-4H3,(H,22,27). The molecule has 1 fully saturated rings. The Labute approximate surface area is 170 Å². The molecule has 0 bridgehead atoms. The van der Waals surface area contributed by atoms with Crippen molar-refractivity contribution in [3.8, 4) is 0 Å². The van der Waals surface area contributed by atoms with E-state index in [1.165, 1.54) is 4.31 Å². The van der Waals surface area contributed by atoms with E-state index >= 15 is 0 Å². The van der Waals surface area contributed by atoms with Gasteiger partial charge in [0, 0.05) is 25.0 Å². The van der Waals surface area contributed by atoms with Gasteiger partial charge in [0.2, 0.25) is 0 Å². The Balaban J connectivity index is 1.71. The fourth-order valence-corrected chi connectivity index (χ4v) is 6.80. The summed E-state index contributed by atoms with van der Waals surface area (Å²) >= 11 is 5.43. The van der Waals surface area contributed by atoms with Crippen LogP contribution in [0.3, 0.4) is 0 Å². The van der Waals surface area contributed by atoms with E-state index in [-0.39, 0.29) is 11.5 Å². The molecule has 1 N–H and O–H groups in total. The molecule has 2 aliphatic heterocycles. The van der Waals surface area contributed by atoms with Crippen LogP contribution >= 0.6 is 12.2 Å². The molecule has 0 amide bonds. The number of nitrogens with one attached hydrogen (secondary N) is 1. The maximum atomic E-state index is 12.9. The Kier molecular flexibility index (Phi) is 3.51. The van der Waals surface area contributed by atoms with Gasteiger partial charge in [0.15, 0.2) is 5.11 Å². The maximum Gasteiger partial charge on any atom is 0.260 e. The number of fused-ring (bicyclic) bond motifs is 1. The van der Waals surface area contributed by atoms with Gasteiger partial charge in [-0.05, 0) is 72.5 Å². The number of hydrogen-bond acceptors (Lipinski definition) is 3. The summed E-state index contributed by atoms with van der Waals surface area (Å²) in [5, 5.41) is 6.05. The first kappa shape index (κ1) is 17.9. The maximum absolute atomic E-state index is 12.9. The van der Waals surface area contributed by atoms with Crippen LogP contribution in [-0.4, -0.2) is 38.1 Å². The van der Waals surface area contributed by atoms with Gasteiger partial charge in [0.05, 0.1) is 16.1 Å². The van der Waals surface area contributed by atoms with Gasteiger partial charge in [-0.1, -0.05) is 19.1 Å². The number of rotatable bonds is 1. The van der Waals surface area contributed by atoms with Gasteiger partial charge in [-0.15, -0.1) is 0 Å². The molecule has 2 atom stereocenters. The molecule has 2 aliphatic carbocycles. The molecule has 0 aromatic heterocycles. The van der Waals surface area contributed by atoms with Crippen molar-refractivity contribution in [1.82, 2.24) is 10.2 Å². The zero-order valence-electron chi connectivity index (χ0n) is 16.4. The highest BCUT2D eigenvalue weighted by Gasteiger charge is 2.41. The summed E-state index contributed by atoms with van der Waals surface area (Å²) in [5.41, 5.74) is 3.91. The van der Waals surface area contributed by atoms with Crippen molar-refractivity contribution in [2.24, 2.45) is 5.92 Å². The first-order valence-electron chi connectivity index (χ1n) is 9.48.